The van der Waals surface area contributed by atoms with Gasteiger partial charge >= 0.3 is 0 Å². The SMILES string of the molecule is Cc1ccc(N2C(=NC(=O)Cc3ccccc3)S[C@H]3CS(=O)(=O)C[C@H]32)cc1. The molecule has 2 aliphatic rings. The Labute approximate surface area is 163 Å². The number of thioether (sulfide) groups is 1. The fraction of sp³-hybridized carbons (Fsp3) is 0.300. The lowest BCUT2D eigenvalue weighted by Gasteiger charge is -2.24. The van der Waals surface area contributed by atoms with E-state index < -0.39 is 9.84 Å². The molecule has 2 aliphatic heterocycles. The number of benzene rings is 2. The fourth-order valence-corrected chi connectivity index (χ4v) is 7.42. The molecule has 2 heterocycles. The molecule has 0 saturated carbocycles. The molecule has 0 N–H and O–H groups in total. The van der Waals surface area contributed by atoms with Crippen molar-refractivity contribution in [2.24, 2.45) is 4.99 Å². The molecule has 4 rings (SSSR count). The van der Waals surface area contributed by atoms with E-state index >= 15 is 0 Å². The maximum Gasteiger partial charge on any atom is 0.252 e. The molecule has 2 aromatic carbocycles. The van der Waals surface area contributed by atoms with Crippen LogP contribution in [0.15, 0.2) is 59.6 Å². The monoisotopic (exact) mass is 400 g/mol. The number of hydrogen-bond donors (Lipinski definition) is 0. The zero-order chi connectivity index (χ0) is 19.0. The van der Waals surface area contributed by atoms with Crippen LogP contribution in [-0.2, 0) is 21.1 Å². The summed E-state index contributed by atoms with van der Waals surface area (Å²) in [5.74, 6) is 0.0183. The number of aliphatic imine (C=N–C) groups is 1. The smallest absolute Gasteiger partial charge is 0.252 e. The Bertz CT molecular complexity index is 986. The first-order valence-electron chi connectivity index (χ1n) is 8.80. The number of amides is 1. The van der Waals surface area contributed by atoms with E-state index in [4.69, 9.17) is 0 Å². The van der Waals surface area contributed by atoms with Crippen molar-refractivity contribution in [2.75, 3.05) is 16.4 Å². The van der Waals surface area contributed by atoms with Crippen molar-refractivity contribution >= 4 is 38.4 Å². The molecule has 0 spiro atoms. The van der Waals surface area contributed by atoms with Gasteiger partial charge in [0, 0.05) is 10.9 Å². The fourth-order valence-electron chi connectivity index (χ4n) is 3.49. The topological polar surface area (TPSA) is 66.8 Å². The summed E-state index contributed by atoms with van der Waals surface area (Å²) in [5, 5.41) is 0.518. The maximum absolute atomic E-state index is 12.5. The van der Waals surface area contributed by atoms with Gasteiger partial charge in [-0.15, -0.1) is 0 Å². The molecule has 0 radical (unpaired) electrons. The van der Waals surface area contributed by atoms with Crippen LogP contribution in [-0.4, -0.2) is 42.3 Å². The van der Waals surface area contributed by atoms with Crippen LogP contribution in [0.1, 0.15) is 11.1 Å². The first-order chi connectivity index (χ1) is 12.9. The van der Waals surface area contributed by atoms with Crippen LogP contribution in [0.3, 0.4) is 0 Å². The third kappa shape index (κ3) is 3.94. The van der Waals surface area contributed by atoms with Crippen molar-refractivity contribution in [1.82, 2.24) is 0 Å². The number of fused-ring (bicyclic) bond motifs is 1. The largest absolute Gasteiger partial charge is 0.316 e. The average molecular weight is 401 g/mol. The van der Waals surface area contributed by atoms with E-state index in [9.17, 15) is 13.2 Å². The number of carbonyl (C=O) groups excluding carboxylic acids is 1. The number of nitrogens with zero attached hydrogens (tertiary/aromatic N) is 2. The normalized spacial score (nSPS) is 24.9. The van der Waals surface area contributed by atoms with Crippen LogP contribution in [0.4, 0.5) is 5.69 Å². The minimum absolute atomic E-state index is 0.0837. The number of rotatable bonds is 3. The van der Waals surface area contributed by atoms with Crippen molar-refractivity contribution in [1.29, 1.82) is 0 Å². The van der Waals surface area contributed by atoms with Crippen molar-refractivity contribution in [3.05, 3.63) is 65.7 Å². The molecule has 2 saturated heterocycles. The summed E-state index contributed by atoms with van der Waals surface area (Å²) in [6, 6.07) is 17.2. The van der Waals surface area contributed by atoms with E-state index in [1.54, 1.807) is 0 Å². The van der Waals surface area contributed by atoms with Gasteiger partial charge in [-0.05, 0) is 24.6 Å². The highest BCUT2D eigenvalue weighted by Crippen LogP contribution is 2.41. The molecule has 0 aromatic heterocycles. The van der Waals surface area contributed by atoms with Gasteiger partial charge in [-0.25, -0.2) is 8.42 Å². The quantitative estimate of drug-likeness (QED) is 0.793. The van der Waals surface area contributed by atoms with Gasteiger partial charge in [0.15, 0.2) is 15.0 Å². The summed E-state index contributed by atoms with van der Waals surface area (Å²) in [7, 11) is -3.06. The summed E-state index contributed by atoms with van der Waals surface area (Å²) >= 11 is 1.41. The minimum atomic E-state index is -3.06. The zero-order valence-corrected chi connectivity index (χ0v) is 16.5. The molecule has 0 bridgehead atoms. The van der Waals surface area contributed by atoms with E-state index in [1.165, 1.54) is 11.8 Å². The van der Waals surface area contributed by atoms with Crippen LogP contribution in [0, 0.1) is 6.92 Å². The number of carbonyl (C=O) groups is 1. The summed E-state index contributed by atoms with van der Waals surface area (Å²) < 4.78 is 24.2. The van der Waals surface area contributed by atoms with E-state index in [1.807, 2.05) is 66.4 Å². The summed E-state index contributed by atoms with van der Waals surface area (Å²) in [4.78, 5) is 18.8. The third-order valence-electron chi connectivity index (χ3n) is 4.80. The van der Waals surface area contributed by atoms with Crippen LogP contribution in [0.5, 0.6) is 0 Å². The van der Waals surface area contributed by atoms with Crippen LogP contribution >= 0.6 is 11.8 Å². The molecule has 2 aromatic rings. The highest BCUT2D eigenvalue weighted by atomic mass is 32.2. The lowest BCUT2D eigenvalue weighted by atomic mass is 10.1. The van der Waals surface area contributed by atoms with Crippen molar-refractivity contribution in [3.8, 4) is 0 Å². The number of amidine groups is 1. The molecule has 5 nitrogen and oxygen atoms in total. The molecule has 140 valence electrons. The molecular weight excluding hydrogens is 380 g/mol. The Kier molecular flexibility index (Phi) is 4.82. The second kappa shape index (κ2) is 7.13. The predicted octanol–water partition coefficient (Wildman–Crippen LogP) is 2.84. The van der Waals surface area contributed by atoms with Gasteiger partial charge in [-0.1, -0.05) is 59.8 Å². The Morgan fingerprint density at radius 2 is 1.81 bits per heavy atom. The van der Waals surface area contributed by atoms with Gasteiger partial charge in [0.25, 0.3) is 5.91 Å². The maximum atomic E-state index is 12.5. The Morgan fingerprint density at radius 1 is 1.11 bits per heavy atom. The number of sulfone groups is 1. The van der Waals surface area contributed by atoms with Gasteiger partial charge in [-0.2, -0.15) is 4.99 Å². The zero-order valence-electron chi connectivity index (χ0n) is 14.9. The molecule has 27 heavy (non-hydrogen) atoms. The van der Waals surface area contributed by atoms with Gasteiger partial charge in [-0.3, -0.25) is 4.79 Å². The molecule has 7 heteroatoms. The number of anilines is 1. The highest BCUT2D eigenvalue weighted by Gasteiger charge is 2.49. The first kappa shape index (κ1) is 18.3. The minimum Gasteiger partial charge on any atom is -0.316 e. The van der Waals surface area contributed by atoms with Gasteiger partial charge in [0.2, 0.25) is 0 Å². The van der Waals surface area contributed by atoms with Gasteiger partial charge in [0.1, 0.15) is 0 Å². The number of aryl methyl sites for hydroxylation is 1. The molecule has 1 amide bonds. The summed E-state index contributed by atoms with van der Waals surface area (Å²) in [5.41, 5.74) is 2.92. The molecule has 0 unspecified atom stereocenters. The Morgan fingerprint density at radius 3 is 2.52 bits per heavy atom. The van der Waals surface area contributed by atoms with E-state index in [2.05, 4.69) is 4.99 Å². The lowest BCUT2D eigenvalue weighted by Crippen LogP contribution is -2.37. The summed E-state index contributed by atoms with van der Waals surface area (Å²) in [6.07, 6.45) is 0.236. The summed E-state index contributed by atoms with van der Waals surface area (Å²) in [6.45, 7) is 2.00. The molecule has 0 aliphatic carbocycles. The molecule has 2 fully saturated rings. The van der Waals surface area contributed by atoms with E-state index in [0.29, 0.717) is 5.17 Å². The second-order valence-corrected chi connectivity index (χ2v) is 10.3. The van der Waals surface area contributed by atoms with Crippen LogP contribution in [0.25, 0.3) is 0 Å². The van der Waals surface area contributed by atoms with Crippen LogP contribution < -0.4 is 4.90 Å². The standard InChI is InChI=1S/C20H20N2O3S2/c1-14-7-9-16(10-8-14)22-17-12-27(24,25)13-18(17)26-20(22)21-19(23)11-15-5-3-2-4-6-15/h2-10,17-18H,11-13H2,1H3/t17-,18+/m1/s1. The predicted molar refractivity (Wildman–Crippen MR) is 110 cm³/mol. The average Bonchev–Trinajstić information content (AvgIpc) is 3.07. The first-order valence-corrected chi connectivity index (χ1v) is 11.5. The van der Waals surface area contributed by atoms with Gasteiger partial charge in [0.05, 0.1) is 24.0 Å². The lowest BCUT2D eigenvalue weighted by molar-refractivity contribution is -0.117. The van der Waals surface area contributed by atoms with Gasteiger partial charge < -0.3 is 4.90 Å². The van der Waals surface area contributed by atoms with Crippen molar-refractivity contribution < 1.29 is 13.2 Å². The van der Waals surface area contributed by atoms with E-state index in [0.717, 1.165) is 16.8 Å². The third-order valence-corrected chi connectivity index (χ3v) is 8.01. The second-order valence-electron chi connectivity index (χ2n) is 6.96. The molecule has 2 atom stereocenters. The Balaban J connectivity index is 1.64. The number of hydrogen-bond acceptors (Lipinski definition) is 4. The van der Waals surface area contributed by atoms with E-state index in [-0.39, 0.29) is 35.1 Å². The van der Waals surface area contributed by atoms with Crippen molar-refractivity contribution in [2.45, 2.75) is 24.6 Å². The van der Waals surface area contributed by atoms with Crippen LogP contribution in [0.2, 0.25) is 0 Å². The molecular formula is C20H20N2O3S2. The highest BCUT2D eigenvalue weighted by molar-refractivity contribution is 8.16. The van der Waals surface area contributed by atoms with Crippen molar-refractivity contribution in [3.63, 3.8) is 0 Å². The Hall–Kier alpha value is -2.12.